The van der Waals surface area contributed by atoms with Gasteiger partial charge in [0, 0.05) is 25.3 Å². The molecule has 4 nitrogen and oxygen atoms in total. The summed E-state index contributed by atoms with van der Waals surface area (Å²) in [5.74, 6) is 1.09. The first-order valence-corrected chi connectivity index (χ1v) is 6.80. The van der Waals surface area contributed by atoms with Crippen molar-refractivity contribution in [2.45, 2.75) is 26.8 Å². The third-order valence-corrected chi connectivity index (χ3v) is 3.09. The Morgan fingerprint density at radius 1 is 1.33 bits per heavy atom. The fourth-order valence-corrected chi connectivity index (χ4v) is 2.19. The van der Waals surface area contributed by atoms with E-state index < -0.39 is 0 Å². The highest BCUT2D eigenvalue weighted by Gasteiger charge is 2.13. The Morgan fingerprint density at radius 2 is 2.11 bits per heavy atom. The van der Waals surface area contributed by atoms with Crippen LogP contribution in [0.3, 0.4) is 0 Å². The summed E-state index contributed by atoms with van der Waals surface area (Å²) in [5, 5.41) is 3.44. The standard InChI is InChI=1S/C14H23N3O/c1-3-4-15-11-13-9-12(2)16-14(10-13)17-5-7-18-8-6-17/h9-10,15H,3-8,11H2,1-2H3. The van der Waals surface area contributed by atoms with Crippen LogP contribution in [0.2, 0.25) is 0 Å². The van der Waals surface area contributed by atoms with Crippen LogP contribution in [0.5, 0.6) is 0 Å². The highest BCUT2D eigenvalue weighted by atomic mass is 16.5. The number of nitrogens with zero attached hydrogens (tertiary/aromatic N) is 2. The van der Waals surface area contributed by atoms with Gasteiger partial charge < -0.3 is 15.0 Å². The highest BCUT2D eigenvalue weighted by Crippen LogP contribution is 2.16. The lowest BCUT2D eigenvalue weighted by atomic mass is 10.2. The number of nitrogens with one attached hydrogen (secondary N) is 1. The molecule has 1 fully saturated rings. The molecule has 0 aliphatic carbocycles. The van der Waals surface area contributed by atoms with Crippen molar-refractivity contribution in [1.29, 1.82) is 0 Å². The minimum Gasteiger partial charge on any atom is -0.378 e. The first-order chi connectivity index (χ1) is 8.79. The van der Waals surface area contributed by atoms with E-state index in [0.717, 1.165) is 50.9 Å². The second-order valence-corrected chi connectivity index (χ2v) is 4.75. The Balaban J connectivity index is 2.05. The molecule has 2 heterocycles. The van der Waals surface area contributed by atoms with Gasteiger partial charge in [-0.25, -0.2) is 4.98 Å². The fraction of sp³-hybridized carbons (Fsp3) is 0.643. The number of hydrogen-bond acceptors (Lipinski definition) is 4. The third kappa shape index (κ3) is 3.68. The number of morpholine rings is 1. The van der Waals surface area contributed by atoms with Crippen molar-refractivity contribution in [3.63, 3.8) is 0 Å². The molecule has 0 bridgehead atoms. The van der Waals surface area contributed by atoms with Crippen LogP contribution in [0.25, 0.3) is 0 Å². The molecule has 0 unspecified atom stereocenters. The smallest absolute Gasteiger partial charge is 0.129 e. The predicted octanol–water partition coefficient (Wildman–Crippen LogP) is 1.73. The Bertz CT molecular complexity index is 375. The zero-order valence-corrected chi connectivity index (χ0v) is 11.4. The lowest BCUT2D eigenvalue weighted by Crippen LogP contribution is -2.37. The van der Waals surface area contributed by atoms with Crippen LogP contribution < -0.4 is 10.2 Å². The van der Waals surface area contributed by atoms with Crippen molar-refractivity contribution in [1.82, 2.24) is 10.3 Å². The molecule has 0 amide bonds. The van der Waals surface area contributed by atoms with E-state index in [9.17, 15) is 0 Å². The van der Waals surface area contributed by atoms with E-state index in [1.807, 2.05) is 0 Å². The van der Waals surface area contributed by atoms with E-state index in [1.165, 1.54) is 12.0 Å². The molecule has 1 aromatic rings. The molecule has 18 heavy (non-hydrogen) atoms. The van der Waals surface area contributed by atoms with Gasteiger partial charge in [-0.1, -0.05) is 6.92 Å². The SMILES string of the molecule is CCCNCc1cc(C)nc(N2CCOCC2)c1. The number of pyridine rings is 1. The Labute approximate surface area is 109 Å². The van der Waals surface area contributed by atoms with Gasteiger partial charge in [-0.3, -0.25) is 0 Å². The van der Waals surface area contributed by atoms with Crippen LogP contribution in [-0.2, 0) is 11.3 Å². The Hall–Kier alpha value is -1.13. The van der Waals surface area contributed by atoms with Crippen LogP contribution in [-0.4, -0.2) is 37.8 Å². The lowest BCUT2D eigenvalue weighted by Gasteiger charge is -2.28. The Morgan fingerprint density at radius 3 is 2.83 bits per heavy atom. The first kappa shape index (κ1) is 13.3. The number of anilines is 1. The number of ether oxygens (including phenoxy) is 1. The minimum absolute atomic E-state index is 0.805. The molecule has 0 aromatic carbocycles. The molecular weight excluding hydrogens is 226 g/mol. The number of aromatic nitrogens is 1. The molecule has 2 rings (SSSR count). The monoisotopic (exact) mass is 249 g/mol. The molecular formula is C14H23N3O. The summed E-state index contributed by atoms with van der Waals surface area (Å²) in [7, 11) is 0. The maximum absolute atomic E-state index is 5.38. The van der Waals surface area contributed by atoms with Gasteiger partial charge in [-0.15, -0.1) is 0 Å². The maximum atomic E-state index is 5.38. The second kappa shape index (κ2) is 6.71. The molecule has 1 aliphatic rings. The van der Waals surface area contributed by atoms with Gasteiger partial charge in [0.2, 0.25) is 0 Å². The van der Waals surface area contributed by atoms with Gasteiger partial charge in [0.1, 0.15) is 5.82 Å². The molecule has 0 radical (unpaired) electrons. The molecule has 0 spiro atoms. The van der Waals surface area contributed by atoms with E-state index in [1.54, 1.807) is 0 Å². The normalized spacial score (nSPS) is 16.0. The van der Waals surface area contributed by atoms with Crippen molar-refractivity contribution in [3.05, 3.63) is 23.4 Å². The van der Waals surface area contributed by atoms with Crippen molar-refractivity contribution in [2.75, 3.05) is 37.7 Å². The van der Waals surface area contributed by atoms with Gasteiger partial charge in [0.25, 0.3) is 0 Å². The van der Waals surface area contributed by atoms with Gasteiger partial charge in [0.15, 0.2) is 0 Å². The van der Waals surface area contributed by atoms with Gasteiger partial charge in [0.05, 0.1) is 13.2 Å². The maximum Gasteiger partial charge on any atom is 0.129 e. The zero-order valence-electron chi connectivity index (χ0n) is 11.4. The van der Waals surface area contributed by atoms with Crippen molar-refractivity contribution in [3.8, 4) is 0 Å². The average Bonchev–Trinajstić information content (AvgIpc) is 2.39. The van der Waals surface area contributed by atoms with Gasteiger partial charge >= 0.3 is 0 Å². The third-order valence-electron chi connectivity index (χ3n) is 3.09. The quantitative estimate of drug-likeness (QED) is 0.806. The summed E-state index contributed by atoms with van der Waals surface area (Å²) in [6.45, 7) is 9.73. The Kier molecular flexibility index (Phi) is 4.96. The molecule has 0 atom stereocenters. The minimum atomic E-state index is 0.805. The molecule has 100 valence electrons. The summed E-state index contributed by atoms with van der Waals surface area (Å²) in [6, 6.07) is 4.35. The molecule has 0 saturated carbocycles. The second-order valence-electron chi connectivity index (χ2n) is 4.75. The summed E-state index contributed by atoms with van der Waals surface area (Å²) >= 11 is 0. The molecule has 4 heteroatoms. The predicted molar refractivity (Wildman–Crippen MR) is 74.0 cm³/mol. The largest absolute Gasteiger partial charge is 0.378 e. The zero-order chi connectivity index (χ0) is 12.8. The van der Waals surface area contributed by atoms with Crippen LogP contribution in [0.15, 0.2) is 12.1 Å². The van der Waals surface area contributed by atoms with Gasteiger partial charge in [-0.2, -0.15) is 0 Å². The van der Waals surface area contributed by atoms with E-state index >= 15 is 0 Å². The first-order valence-electron chi connectivity index (χ1n) is 6.80. The van der Waals surface area contributed by atoms with E-state index in [-0.39, 0.29) is 0 Å². The van der Waals surface area contributed by atoms with E-state index in [2.05, 4.69) is 41.2 Å². The molecule has 1 saturated heterocycles. The van der Waals surface area contributed by atoms with Crippen LogP contribution in [0, 0.1) is 6.92 Å². The molecule has 1 aliphatic heterocycles. The summed E-state index contributed by atoms with van der Waals surface area (Å²) in [6.07, 6.45) is 1.17. The lowest BCUT2D eigenvalue weighted by molar-refractivity contribution is 0.122. The fourth-order valence-electron chi connectivity index (χ4n) is 2.19. The summed E-state index contributed by atoms with van der Waals surface area (Å²) in [4.78, 5) is 6.93. The van der Waals surface area contributed by atoms with Crippen molar-refractivity contribution >= 4 is 5.82 Å². The number of aryl methyl sites for hydroxylation is 1. The van der Waals surface area contributed by atoms with Gasteiger partial charge in [-0.05, 0) is 37.6 Å². The van der Waals surface area contributed by atoms with Crippen LogP contribution in [0.1, 0.15) is 24.6 Å². The van der Waals surface area contributed by atoms with E-state index in [4.69, 9.17) is 4.74 Å². The van der Waals surface area contributed by atoms with Crippen LogP contribution >= 0.6 is 0 Å². The van der Waals surface area contributed by atoms with E-state index in [0.29, 0.717) is 0 Å². The molecule has 1 N–H and O–H groups in total. The number of hydrogen-bond donors (Lipinski definition) is 1. The summed E-state index contributed by atoms with van der Waals surface area (Å²) in [5.41, 5.74) is 2.41. The average molecular weight is 249 g/mol. The number of rotatable bonds is 5. The molecule has 1 aromatic heterocycles. The van der Waals surface area contributed by atoms with Crippen LogP contribution in [0.4, 0.5) is 5.82 Å². The topological polar surface area (TPSA) is 37.4 Å². The van der Waals surface area contributed by atoms with Crippen molar-refractivity contribution < 1.29 is 4.74 Å². The highest BCUT2D eigenvalue weighted by molar-refractivity contribution is 5.43. The van der Waals surface area contributed by atoms with Crippen molar-refractivity contribution in [2.24, 2.45) is 0 Å². The summed E-state index contributed by atoms with van der Waals surface area (Å²) < 4.78 is 5.38.